The van der Waals surface area contributed by atoms with Gasteiger partial charge in [-0.2, -0.15) is 5.26 Å². The Morgan fingerprint density at radius 3 is 2.14 bits per heavy atom. The molecule has 4 N–H and O–H groups in total. The molecule has 35 heavy (non-hydrogen) atoms. The summed E-state index contributed by atoms with van der Waals surface area (Å²) in [6.07, 6.45) is 1.22. The van der Waals surface area contributed by atoms with Crippen molar-refractivity contribution in [1.82, 2.24) is 10.6 Å². The number of benzene rings is 2. The van der Waals surface area contributed by atoms with Crippen molar-refractivity contribution in [2.24, 2.45) is 5.92 Å². The Morgan fingerprint density at radius 1 is 0.971 bits per heavy atom. The molecule has 0 aliphatic carbocycles. The zero-order chi connectivity index (χ0) is 26.4. The van der Waals surface area contributed by atoms with Crippen molar-refractivity contribution in [2.45, 2.75) is 71.8 Å². The molecule has 0 fully saturated rings. The first-order valence-corrected chi connectivity index (χ1v) is 12.1. The van der Waals surface area contributed by atoms with Crippen LogP contribution in [0.3, 0.4) is 0 Å². The van der Waals surface area contributed by atoms with Gasteiger partial charge in [-0.15, -0.1) is 0 Å². The van der Waals surface area contributed by atoms with Crippen molar-refractivity contribution in [3.05, 3.63) is 71.3 Å². The van der Waals surface area contributed by atoms with Crippen LogP contribution in [0.5, 0.6) is 0 Å². The Kier molecular flexibility index (Phi) is 12.8. The molecule has 0 bridgehead atoms. The van der Waals surface area contributed by atoms with Crippen LogP contribution in [0.15, 0.2) is 54.6 Å². The summed E-state index contributed by atoms with van der Waals surface area (Å²) in [6.45, 7) is 9.60. The topological polar surface area (TPSA) is 122 Å². The van der Waals surface area contributed by atoms with E-state index in [1.165, 1.54) is 0 Å². The zero-order valence-corrected chi connectivity index (χ0v) is 21.4. The van der Waals surface area contributed by atoms with Crippen LogP contribution in [0, 0.1) is 17.2 Å². The minimum absolute atomic E-state index is 0.174. The lowest BCUT2D eigenvalue weighted by molar-refractivity contribution is -0.125. The zero-order valence-electron chi connectivity index (χ0n) is 21.4. The van der Waals surface area contributed by atoms with Crippen LogP contribution in [-0.4, -0.2) is 40.5 Å². The monoisotopic (exact) mass is 479 g/mol. The third-order valence-electron chi connectivity index (χ3n) is 5.05. The smallest absolute Gasteiger partial charge is 0.426 e. The highest BCUT2D eigenvalue weighted by Crippen LogP contribution is 2.14. The van der Waals surface area contributed by atoms with Crippen molar-refractivity contribution >= 4 is 18.9 Å². The number of hydrogen-bond acceptors (Lipinski definition) is 5. The molecule has 7 nitrogen and oxygen atoms in total. The molecule has 0 aliphatic heterocycles. The lowest BCUT2D eigenvalue weighted by Crippen LogP contribution is -2.47. The number of nitriles is 1. The second kappa shape index (κ2) is 15.0. The predicted molar refractivity (Wildman–Crippen MR) is 139 cm³/mol. The molecule has 0 saturated heterocycles. The van der Waals surface area contributed by atoms with Crippen LogP contribution < -0.4 is 10.6 Å². The predicted octanol–water partition coefficient (Wildman–Crippen LogP) is 2.98. The fourth-order valence-electron chi connectivity index (χ4n) is 3.44. The van der Waals surface area contributed by atoms with Crippen molar-refractivity contribution in [2.75, 3.05) is 0 Å². The van der Waals surface area contributed by atoms with Crippen LogP contribution in [0.1, 0.15) is 57.7 Å². The lowest BCUT2D eigenvalue weighted by atomic mass is 9.76. The number of hydrogen-bond donors (Lipinski definition) is 4. The van der Waals surface area contributed by atoms with Crippen molar-refractivity contribution in [3.63, 3.8) is 0 Å². The maximum absolute atomic E-state index is 12.4. The van der Waals surface area contributed by atoms with Gasteiger partial charge in [0.25, 0.3) is 0 Å². The maximum atomic E-state index is 12.4. The van der Waals surface area contributed by atoms with Crippen molar-refractivity contribution in [3.8, 4) is 6.07 Å². The molecule has 2 rings (SSSR count). The van der Waals surface area contributed by atoms with Gasteiger partial charge >= 0.3 is 7.12 Å². The summed E-state index contributed by atoms with van der Waals surface area (Å²) in [6, 6.07) is 18.9. The molecule has 8 heteroatoms. The molecule has 0 radical (unpaired) electrons. The van der Waals surface area contributed by atoms with Crippen molar-refractivity contribution in [1.29, 1.82) is 5.26 Å². The van der Waals surface area contributed by atoms with Gasteiger partial charge in [-0.05, 0) is 56.7 Å². The van der Waals surface area contributed by atoms with E-state index in [2.05, 4.69) is 16.7 Å². The minimum Gasteiger partial charge on any atom is -0.426 e. The van der Waals surface area contributed by atoms with Gasteiger partial charge in [0.2, 0.25) is 11.8 Å². The van der Waals surface area contributed by atoms with Crippen LogP contribution in [0.4, 0.5) is 0 Å². The van der Waals surface area contributed by atoms with E-state index in [-0.39, 0.29) is 24.7 Å². The van der Waals surface area contributed by atoms with Crippen LogP contribution in [0.2, 0.25) is 0 Å². The highest BCUT2D eigenvalue weighted by molar-refractivity contribution is 6.43. The van der Waals surface area contributed by atoms with E-state index >= 15 is 0 Å². The molecule has 0 aliphatic rings. The summed E-state index contributed by atoms with van der Waals surface area (Å²) >= 11 is 0. The highest BCUT2D eigenvalue weighted by atomic mass is 16.4. The second-order valence-electron chi connectivity index (χ2n) is 9.22. The fraction of sp³-hybridized carbons (Fsp3) is 0.444. The first-order valence-electron chi connectivity index (χ1n) is 12.1. The Labute approximate surface area is 209 Å². The van der Waals surface area contributed by atoms with E-state index in [0.717, 1.165) is 16.7 Å². The fourth-order valence-corrected chi connectivity index (χ4v) is 3.44. The average molecular weight is 479 g/mol. The summed E-state index contributed by atoms with van der Waals surface area (Å²) in [7, 11) is -1.67. The van der Waals surface area contributed by atoms with Crippen LogP contribution in [0.25, 0.3) is 0 Å². The van der Waals surface area contributed by atoms with E-state index in [9.17, 15) is 24.9 Å². The van der Waals surface area contributed by atoms with Gasteiger partial charge < -0.3 is 20.7 Å². The van der Waals surface area contributed by atoms with Gasteiger partial charge in [-0.1, -0.05) is 68.4 Å². The number of nitrogens with zero attached hydrogens (tertiary/aromatic N) is 1. The molecule has 2 aromatic carbocycles. The third-order valence-corrected chi connectivity index (χ3v) is 5.05. The molecular weight excluding hydrogens is 441 g/mol. The van der Waals surface area contributed by atoms with Crippen molar-refractivity contribution < 1.29 is 19.6 Å². The largest absolute Gasteiger partial charge is 0.475 e. The molecule has 0 saturated carbocycles. The minimum atomic E-state index is -1.67. The molecule has 2 unspecified atom stereocenters. The Balaban J connectivity index is 0.00000298. The highest BCUT2D eigenvalue weighted by Gasteiger charge is 2.26. The third kappa shape index (κ3) is 11.7. The van der Waals surface area contributed by atoms with Gasteiger partial charge in [-0.3, -0.25) is 9.59 Å². The summed E-state index contributed by atoms with van der Waals surface area (Å²) < 4.78 is 0. The van der Waals surface area contributed by atoms with Gasteiger partial charge in [0, 0.05) is 12.0 Å². The normalized spacial score (nSPS) is 12.3. The van der Waals surface area contributed by atoms with Crippen LogP contribution in [-0.2, 0) is 28.9 Å². The number of amides is 2. The van der Waals surface area contributed by atoms with Crippen LogP contribution >= 0.6 is 0 Å². The summed E-state index contributed by atoms with van der Waals surface area (Å²) in [5, 5.41) is 34.3. The number of rotatable bonds is 10. The standard InChI is InChI=1S/C25H32BN3O4.C2H6/c1-25(2,3)29-24(31)21(17-27)15-20-11-7-10-19(14-20)12-13-23(30)28-22(26(32)33)16-18-8-5-4-6-9-18;1-2/h4-11,14,21-22,32-33H,12-13,15-16H2,1-3H3,(H,28,30)(H,29,31);1-2H3. The van der Waals surface area contributed by atoms with E-state index in [0.29, 0.717) is 12.8 Å². The lowest BCUT2D eigenvalue weighted by Gasteiger charge is -2.22. The second-order valence-corrected chi connectivity index (χ2v) is 9.22. The van der Waals surface area contributed by atoms with E-state index in [1.54, 1.807) is 0 Å². The first-order chi connectivity index (χ1) is 16.6. The molecule has 2 aromatic rings. The molecule has 2 atom stereocenters. The molecule has 0 heterocycles. The molecule has 0 aromatic heterocycles. The number of carbonyl (C=O) groups excluding carboxylic acids is 2. The van der Waals surface area contributed by atoms with Gasteiger partial charge in [0.1, 0.15) is 5.92 Å². The van der Waals surface area contributed by atoms with E-state index in [4.69, 9.17) is 0 Å². The summed E-state index contributed by atoms with van der Waals surface area (Å²) in [5.74, 6) is -2.19. The molecular formula is C27H38BN3O4. The maximum Gasteiger partial charge on any atom is 0.475 e. The van der Waals surface area contributed by atoms with Gasteiger partial charge in [0.05, 0.1) is 12.0 Å². The SMILES string of the molecule is CC.CC(C)(C)NC(=O)C(C#N)Cc1cccc(CCC(=O)NC(Cc2ccccc2)B(O)O)c1. The summed E-state index contributed by atoms with van der Waals surface area (Å²) in [4.78, 5) is 24.8. The van der Waals surface area contributed by atoms with E-state index in [1.807, 2.05) is 89.2 Å². The van der Waals surface area contributed by atoms with E-state index < -0.39 is 24.5 Å². The van der Waals surface area contributed by atoms with Gasteiger partial charge in [0.15, 0.2) is 0 Å². The number of aryl methyl sites for hydroxylation is 1. The van der Waals surface area contributed by atoms with Gasteiger partial charge in [-0.25, -0.2) is 0 Å². The number of carbonyl (C=O) groups is 2. The summed E-state index contributed by atoms with van der Waals surface area (Å²) in [5.41, 5.74) is 2.23. The molecule has 2 amide bonds. The Bertz CT molecular complexity index is 968. The quantitative estimate of drug-likeness (QED) is 0.391. The molecule has 0 spiro atoms. The Morgan fingerprint density at radius 2 is 1.57 bits per heavy atom. The first kappa shape index (κ1) is 29.9. The Hall–Kier alpha value is -3.15. The average Bonchev–Trinajstić information content (AvgIpc) is 2.82. The molecule has 188 valence electrons. The number of nitrogens with one attached hydrogen (secondary N) is 2.